The average molecular weight is 482 g/mol. The Morgan fingerprint density at radius 2 is 1.76 bits per heavy atom. The number of benzene rings is 2. The highest BCUT2D eigenvalue weighted by molar-refractivity contribution is 6.31. The molecule has 0 saturated carbocycles. The molecule has 7 nitrogen and oxygen atoms in total. The van der Waals surface area contributed by atoms with Crippen molar-refractivity contribution < 1.29 is 18.7 Å². The number of halogens is 1. The van der Waals surface area contributed by atoms with Crippen molar-refractivity contribution in [2.24, 2.45) is 0 Å². The molecule has 1 aliphatic rings. The van der Waals surface area contributed by atoms with E-state index in [-0.39, 0.29) is 11.9 Å². The molecule has 34 heavy (non-hydrogen) atoms. The number of hydrogen-bond donors (Lipinski definition) is 0. The summed E-state index contributed by atoms with van der Waals surface area (Å²) in [5.74, 6) is 1.12. The first-order valence-electron chi connectivity index (χ1n) is 11.4. The molecular weight excluding hydrogens is 454 g/mol. The third-order valence-corrected chi connectivity index (χ3v) is 6.39. The van der Waals surface area contributed by atoms with E-state index in [4.69, 9.17) is 20.8 Å². The molecular formula is C26H28ClN3O4. The fourth-order valence-corrected chi connectivity index (χ4v) is 4.46. The normalized spacial score (nSPS) is 15.2. The van der Waals surface area contributed by atoms with Crippen molar-refractivity contribution >= 4 is 23.5 Å². The lowest BCUT2D eigenvalue weighted by atomic mass is 10.0. The van der Waals surface area contributed by atoms with Crippen LogP contribution in [0.15, 0.2) is 65.2 Å². The van der Waals surface area contributed by atoms with Gasteiger partial charge in [-0.1, -0.05) is 60.1 Å². The number of oxazole rings is 1. The molecule has 178 valence electrons. The van der Waals surface area contributed by atoms with E-state index in [0.29, 0.717) is 56.4 Å². The number of aromatic nitrogens is 1. The third kappa shape index (κ3) is 5.66. The van der Waals surface area contributed by atoms with Gasteiger partial charge in [0.15, 0.2) is 11.7 Å². The number of nitrogens with zero attached hydrogens (tertiary/aromatic N) is 3. The number of rotatable bonds is 8. The first-order chi connectivity index (χ1) is 16.6. The van der Waals surface area contributed by atoms with Crippen LogP contribution >= 0.6 is 11.6 Å². The lowest BCUT2D eigenvalue weighted by Crippen LogP contribution is -2.51. The molecule has 0 aliphatic carbocycles. The summed E-state index contributed by atoms with van der Waals surface area (Å²) in [6.07, 6.45) is 3.42. The first-order valence-corrected chi connectivity index (χ1v) is 11.8. The zero-order valence-corrected chi connectivity index (χ0v) is 19.9. The van der Waals surface area contributed by atoms with Gasteiger partial charge in [-0.05, 0) is 18.1 Å². The number of carbonyl (C=O) groups excluding carboxylic acids is 2. The van der Waals surface area contributed by atoms with Crippen molar-refractivity contribution in [3.05, 3.63) is 77.3 Å². The van der Waals surface area contributed by atoms with Crippen LogP contribution in [0.25, 0.3) is 11.3 Å². The molecule has 2 heterocycles. The molecule has 3 aromatic rings. The van der Waals surface area contributed by atoms with Gasteiger partial charge in [-0.25, -0.2) is 9.78 Å². The van der Waals surface area contributed by atoms with E-state index in [1.54, 1.807) is 12.3 Å². The highest BCUT2D eigenvalue weighted by Crippen LogP contribution is 2.29. The van der Waals surface area contributed by atoms with Gasteiger partial charge in [0.25, 0.3) is 0 Å². The summed E-state index contributed by atoms with van der Waals surface area (Å²) in [5.41, 5.74) is 1.70. The molecule has 1 atom stereocenters. The second kappa shape index (κ2) is 11.3. The Balaban J connectivity index is 1.27. The van der Waals surface area contributed by atoms with Crippen LogP contribution < -0.4 is 0 Å². The highest BCUT2D eigenvalue weighted by atomic mass is 35.5. The number of amides is 1. The van der Waals surface area contributed by atoms with Crippen molar-refractivity contribution in [1.82, 2.24) is 14.8 Å². The number of carbonyl (C=O) groups is 2. The summed E-state index contributed by atoms with van der Waals surface area (Å²) >= 11 is 6.35. The lowest BCUT2D eigenvalue weighted by molar-refractivity contribution is -0.148. The summed E-state index contributed by atoms with van der Waals surface area (Å²) in [4.78, 5) is 33.5. The Kier molecular flexibility index (Phi) is 7.98. The maximum absolute atomic E-state index is 12.7. The Hall–Kier alpha value is -3.16. The number of piperazine rings is 1. The van der Waals surface area contributed by atoms with Crippen LogP contribution in [0.1, 0.15) is 30.3 Å². The average Bonchev–Trinajstić information content (AvgIpc) is 3.35. The zero-order valence-electron chi connectivity index (χ0n) is 19.2. The van der Waals surface area contributed by atoms with E-state index in [0.717, 1.165) is 16.9 Å². The Bertz CT molecular complexity index is 1110. The van der Waals surface area contributed by atoms with Crippen molar-refractivity contribution in [1.29, 1.82) is 0 Å². The molecule has 0 N–H and O–H groups in total. The van der Waals surface area contributed by atoms with Gasteiger partial charge < -0.3 is 14.1 Å². The predicted octanol–water partition coefficient (Wildman–Crippen LogP) is 4.38. The molecule has 0 radical (unpaired) electrons. The van der Waals surface area contributed by atoms with E-state index < -0.39 is 6.04 Å². The van der Waals surface area contributed by atoms with Gasteiger partial charge >= 0.3 is 5.97 Å². The fraction of sp³-hybridized carbons (Fsp3) is 0.346. The quantitative estimate of drug-likeness (QED) is 0.444. The molecule has 4 rings (SSSR count). The molecule has 1 aliphatic heterocycles. The van der Waals surface area contributed by atoms with Gasteiger partial charge in [0.2, 0.25) is 5.91 Å². The van der Waals surface area contributed by atoms with Crippen molar-refractivity contribution in [2.75, 3.05) is 33.3 Å². The van der Waals surface area contributed by atoms with E-state index in [1.165, 1.54) is 7.11 Å². The predicted molar refractivity (Wildman–Crippen MR) is 129 cm³/mol. The third-order valence-electron chi connectivity index (χ3n) is 6.05. The summed E-state index contributed by atoms with van der Waals surface area (Å²) in [6.45, 7) is 2.23. The van der Waals surface area contributed by atoms with Crippen LogP contribution in [0.4, 0.5) is 0 Å². The lowest BCUT2D eigenvalue weighted by Gasteiger charge is -2.38. The van der Waals surface area contributed by atoms with E-state index in [9.17, 15) is 9.59 Å². The van der Waals surface area contributed by atoms with Crippen LogP contribution in [0, 0.1) is 0 Å². The molecule has 0 bridgehead atoms. The Morgan fingerprint density at radius 1 is 1.06 bits per heavy atom. The van der Waals surface area contributed by atoms with Gasteiger partial charge in [0.05, 0.1) is 13.3 Å². The van der Waals surface area contributed by atoms with Crippen molar-refractivity contribution in [3.63, 3.8) is 0 Å². The molecule has 1 fully saturated rings. The minimum atomic E-state index is -0.584. The second-order valence-electron chi connectivity index (χ2n) is 8.20. The molecule has 1 amide bonds. The molecule has 2 aromatic carbocycles. The minimum Gasteiger partial charge on any atom is -0.468 e. The van der Waals surface area contributed by atoms with Crippen LogP contribution in [0.3, 0.4) is 0 Å². The van der Waals surface area contributed by atoms with Crippen LogP contribution in [0.5, 0.6) is 0 Å². The smallest absolute Gasteiger partial charge is 0.327 e. The standard InChI is InChI=1S/C26H28ClN3O4/c1-33-26(32)25(20-10-5-6-11-21(20)27)30-16-14-29(15-17-30)24(31)13-7-12-23-28-18-22(34-23)19-8-3-2-4-9-19/h2-6,8-11,18,25H,7,12-17H2,1H3. The summed E-state index contributed by atoms with van der Waals surface area (Å²) in [7, 11) is 1.38. The minimum absolute atomic E-state index is 0.0989. The van der Waals surface area contributed by atoms with Crippen LogP contribution in [-0.2, 0) is 20.7 Å². The van der Waals surface area contributed by atoms with E-state index >= 15 is 0 Å². The van der Waals surface area contributed by atoms with Crippen LogP contribution in [0.2, 0.25) is 5.02 Å². The Morgan fingerprint density at radius 3 is 2.47 bits per heavy atom. The van der Waals surface area contributed by atoms with Gasteiger partial charge in [-0.15, -0.1) is 0 Å². The topological polar surface area (TPSA) is 75.9 Å². The molecule has 1 unspecified atom stereocenters. The molecule has 0 spiro atoms. The summed E-state index contributed by atoms with van der Waals surface area (Å²) in [6, 6.07) is 16.5. The van der Waals surface area contributed by atoms with Gasteiger partial charge in [-0.2, -0.15) is 0 Å². The maximum atomic E-state index is 12.7. The van der Waals surface area contributed by atoms with Gasteiger partial charge in [0, 0.05) is 49.6 Å². The van der Waals surface area contributed by atoms with Crippen molar-refractivity contribution in [2.45, 2.75) is 25.3 Å². The molecule has 8 heteroatoms. The van der Waals surface area contributed by atoms with E-state index in [2.05, 4.69) is 4.98 Å². The second-order valence-corrected chi connectivity index (χ2v) is 8.61. The van der Waals surface area contributed by atoms with Crippen LogP contribution in [-0.4, -0.2) is 59.9 Å². The highest BCUT2D eigenvalue weighted by Gasteiger charge is 2.33. The first kappa shape index (κ1) is 24.0. The SMILES string of the molecule is COC(=O)C(c1ccccc1Cl)N1CCN(C(=O)CCCc2ncc(-c3ccccc3)o2)CC1. The number of aryl methyl sites for hydroxylation is 1. The summed E-state index contributed by atoms with van der Waals surface area (Å²) in [5, 5.41) is 0.526. The monoisotopic (exact) mass is 481 g/mol. The fourth-order valence-electron chi connectivity index (χ4n) is 4.22. The Labute approximate surface area is 204 Å². The van der Waals surface area contributed by atoms with Gasteiger partial charge in [0.1, 0.15) is 6.04 Å². The number of hydrogen-bond acceptors (Lipinski definition) is 6. The largest absolute Gasteiger partial charge is 0.468 e. The molecule has 1 saturated heterocycles. The summed E-state index contributed by atoms with van der Waals surface area (Å²) < 4.78 is 10.9. The van der Waals surface area contributed by atoms with E-state index in [1.807, 2.05) is 58.3 Å². The maximum Gasteiger partial charge on any atom is 0.327 e. The van der Waals surface area contributed by atoms with Gasteiger partial charge in [-0.3, -0.25) is 9.69 Å². The zero-order chi connectivity index (χ0) is 23.9. The molecule has 1 aromatic heterocycles. The number of esters is 1. The number of ether oxygens (including phenoxy) is 1. The number of methoxy groups -OCH3 is 1. The van der Waals surface area contributed by atoms with Crippen molar-refractivity contribution in [3.8, 4) is 11.3 Å².